The molecule has 1 fully saturated rings. The number of carbonyl (C=O) groups is 1. The fraction of sp³-hybridized carbons (Fsp3) is 0.417. The van der Waals surface area contributed by atoms with Crippen LogP contribution in [-0.2, 0) is 16.1 Å². The van der Waals surface area contributed by atoms with Crippen LogP contribution in [0.2, 0.25) is 5.02 Å². The van der Waals surface area contributed by atoms with Crippen LogP contribution in [0, 0.1) is 0 Å². The lowest BCUT2D eigenvalue weighted by molar-refractivity contribution is -0.144. The fourth-order valence-corrected chi connectivity index (χ4v) is 2.99. The van der Waals surface area contributed by atoms with Crippen LogP contribution in [0.4, 0.5) is 0 Å². The lowest BCUT2D eigenvalue weighted by Gasteiger charge is -2.24. The zero-order chi connectivity index (χ0) is 11.3. The second-order valence-corrected chi connectivity index (χ2v) is 4.79. The van der Waals surface area contributed by atoms with Crippen LogP contribution in [0.1, 0.15) is 23.5 Å². The molecule has 0 radical (unpaired) electrons. The van der Waals surface area contributed by atoms with Gasteiger partial charge in [0.25, 0.3) is 0 Å². The highest BCUT2D eigenvalue weighted by Gasteiger charge is 2.64. The maximum absolute atomic E-state index is 11.7. The van der Waals surface area contributed by atoms with E-state index in [0.717, 1.165) is 17.0 Å². The summed E-state index contributed by atoms with van der Waals surface area (Å²) in [6.45, 7) is 0.682. The molecule has 1 aliphatic heterocycles. The molecule has 4 heteroatoms. The van der Waals surface area contributed by atoms with Crippen molar-refractivity contribution in [2.24, 2.45) is 0 Å². The minimum Gasteiger partial charge on any atom is -0.468 e. The molecule has 0 unspecified atom stereocenters. The van der Waals surface area contributed by atoms with Gasteiger partial charge >= 0.3 is 5.97 Å². The van der Waals surface area contributed by atoms with Gasteiger partial charge in [-0.2, -0.15) is 0 Å². The van der Waals surface area contributed by atoms with Crippen LogP contribution >= 0.6 is 11.6 Å². The highest BCUT2D eigenvalue weighted by molar-refractivity contribution is 6.31. The van der Waals surface area contributed by atoms with Crippen molar-refractivity contribution in [2.45, 2.75) is 24.4 Å². The Morgan fingerprint density at radius 3 is 3.19 bits per heavy atom. The third-order valence-corrected chi connectivity index (χ3v) is 3.93. The lowest BCUT2D eigenvalue weighted by atomic mass is 9.96. The van der Waals surface area contributed by atoms with E-state index in [9.17, 15) is 4.79 Å². The molecule has 1 aromatic rings. The first-order chi connectivity index (χ1) is 7.69. The summed E-state index contributed by atoms with van der Waals surface area (Å²) in [7, 11) is 1.43. The van der Waals surface area contributed by atoms with E-state index >= 15 is 0 Å². The Bertz CT molecular complexity index is 474. The average molecular weight is 238 g/mol. The van der Waals surface area contributed by atoms with E-state index in [1.165, 1.54) is 12.7 Å². The second-order valence-electron chi connectivity index (χ2n) is 4.39. The molecule has 0 aromatic heterocycles. The van der Waals surface area contributed by atoms with Crippen molar-refractivity contribution in [2.75, 3.05) is 7.11 Å². The summed E-state index contributed by atoms with van der Waals surface area (Å²) in [5, 5.41) is 4.03. The van der Waals surface area contributed by atoms with E-state index in [1.54, 1.807) is 0 Å². The van der Waals surface area contributed by atoms with Gasteiger partial charge in [-0.25, -0.2) is 0 Å². The third-order valence-electron chi connectivity index (χ3n) is 3.60. The summed E-state index contributed by atoms with van der Waals surface area (Å²) in [4.78, 5) is 11.7. The Morgan fingerprint density at radius 1 is 1.62 bits per heavy atom. The average Bonchev–Trinajstić information content (AvgIpc) is 3.04. The van der Waals surface area contributed by atoms with Crippen LogP contribution in [0.15, 0.2) is 18.2 Å². The first-order valence-electron chi connectivity index (χ1n) is 5.30. The number of hydrogen-bond donors (Lipinski definition) is 1. The Morgan fingerprint density at radius 2 is 2.44 bits per heavy atom. The predicted molar refractivity (Wildman–Crippen MR) is 60.4 cm³/mol. The SMILES string of the molecule is COC(=O)[C@]12C[C@@H]1c1c(Cl)cccc1CN2. The van der Waals surface area contributed by atoms with Crippen LogP contribution in [0.25, 0.3) is 0 Å². The molecule has 84 valence electrons. The van der Waals surface area contributed by atoms with Crippen molar-refractivity contribution < 1.29 is 9.53 Å². The topological polar surface area (TPSA) is 38.3 Å². The van der Waals surface area contributed by atoms with Crippen molar-refractivity contribution in [1.82, 2.24) is 5.32 Å². The number of halogens is 1. The van der Waals surface area contributed by atoms with E-state index in [2.05, 4.69) is 5.32 Å². The zero-order valence-corrected chi connectivity index (χ0v) is 9.67. The molecule has 16 heavy (non-hydrogen) atoms. The molecule has 3 nitrogen and oxygen atoms in total. The van der Waals surface area contributed by atoms with Crippen molar-refractivity contribution in [1.29, 1.82) is 0 Å². The van der Waals surface area contributed by atoms with Crippen molar-refractivity contribution in [3.63, 3.8) is 0 Å². The van der Waals surface area contributed by atoms with Crippen LogP contribution in [-0.4, -0.2) is 18.6 Å². The Balaban J connectivity index is 2.04. The summed E-state index contributed by atoms with van der Waals surface area (Å²) < 4.78 is 4.84. The molecule has 3 rings (SSSR count). The summed E-state index contributed by atoms with van der Waals surface area (Å²) >= 11 is 6.19. The quantitative estimate of drug-likeness (QED) is 0.758. The smallest absolute Gasteiger partial charge is 0.326 e. The number of hydrogen-bond acceptors (Lipinski definition) is 3. The molecule has 1 heterocycles. The normalized spacial score (nSPS) is 30.2. The molecular formula is C12H12ClNO2. The molecule has 0 bridgehead atoms. The molecule has 1 saturated carbocycles. The number of ether oxygens (including phenoxy) is 1. The molecule has 0 amide bonds. The van der Waals surface area contributed by atoms with E-state index in [4.69, 9.17) is 16.3 Å². The van der Waals surface area contributed by atoms with E-state index in [-0.39, 0.29) is 11.9 Å². The van der Waals surface area contributed by atoms with Crippen molar-refractivity contribution >= 4 is 17.6 Å². The van der Waals surface area contributed by atoms with Gasteiger partial charge in [-0.05, 0) is 23.6 Å². The van der Waals surface area contributed by atoms with Gasteiger partial charge < -0.3 is 4.74 Å². The fourth-order valence-electron chi connectivity index (χ4n) is 2.67. The van der Waals surface area contributed by atoms with Crippen LogP contribution in [0.5, 0.6) is 0 Å². The number of nitrogens with one attached hydrogen (secondary N) is 1. The number of benzene rings is 1. The molecule has 1 aromatic carbocycles. The number of rotatable bonds is 1. The first kappa shape index (κ1) is 10.1. The van der Waals surface area contributed by atoms with Crippen LogP contribution in [0.3, 0.4) is 0 Å². The minimum absolute atomic E-state index is 0.178. The van der Waals surface area contributed by atoms with Gasteiger partial charge in [-0.15, -0.1) is 0 Å². The number of carbonyl (C=O) groups excluding carboxylic acids is 1. The van der Waals surface area contributed by atoms with Gasteiger partial charge in [0.05, 0.1) is 7.11 Å². The monoisotopic (exact) mass is 237 g/mol. The predicted octanol–water partition coefficient (Wildman–Crippen LogP) is 1.84. The maximum atomic E-state index is 11.7. The summed E-state index contributed by atoms with van der Waals surface area (Å²) in [5.41, 5.74) is 1.80. The largest absolute Gasteiger partial charge is 0.468 e. The molecule has 0 saturated heterocycles. The summed E-state index contributed by atoms with van der Waals surface area (Å²) in [6, 6.07) is 5.87. The molecule has 1 aliphatic carbocycles. The van der Waals surface area contributed by atoms with Crippen molar-refractivity contribution in [3.8, 4) is 0 Å². The van der Waals surface area contributed by atoms with E-state index < -0.39 is 5.54 Å². The van der Waals surface area contributed by atoms with Gasteiger partial charge in [0.15, 0.2) is 0 Å². The second kappa shape index (κ2) is 3.22. The molecular weight excluding hydrogens is 226 g/mol. The van der Waals surface area contributed by atoms with Crippen LogP contribution < -0.4 is 5.32 Å². The Hall–Kier alpha value is -1.06. The molecule has 2 atom stereocenters. The number of methoxy groups -OCH3 is 1. The first-order valence-corrected chi connectivity index (χ1v) is 5.67. The third kappa shape index (κ3) is 1.16. The van der Waals surface area contributed by atoms with Crippen molar-refractivity contribution in [3.05, 3.63) is 34.3 Å². The maximum Gasteiger partial charge on any atom is 0.326 e. The summed E-state index contributed by atoms with van der Waals surface area (Å²) in [6.07, 6.45) is 0.788. The van der Waals surface area contributed by atoms with Gasteiger partial charge in [0.2, 0.25) is 0 Å². The molecule has 0 spiro atoms. The summed E-state index contributed by atoms with van der Waals surface area (Å²) in [5.74, 6) is 0.000435. The Kier molecular flexibility index (Phi) is 2.03. The zero-order valence-electron chi connectivity index (χ0n) is 8.92. The Labute approximate surface area is 98.7 Å². The molecule has 1 N–H and O–H groups in total. The highest BCUT2D eigenvalue weighted by atomic mass is 35.5. The van der Waals surface area contributed by atoms with E-state index in [0.29, 0.717) is 6.54 Å². The number of fused-ring (bicyclic) bond motifs is 3. The highest BCUT2D eigenvalue weighted by Crippen LogP contribution is 2.57. The van der Waals surface area contributed by atoms with Gasteiger partial charge in [0, 0.05) is 17.5 Å². The van der Waals surface area contributed by atoms with Gasteiger partial charge in [-0.1, -0.05) is 23.7 Å². The number of esters is 1. The van der Waals surface area contributed by atoms with Gasteiger partial charge in [0.1, 0.15) is 5.54 Å². The minimum atomic E-state index is -0.507. The standard InChI is InChI=1S/C12H12ClNO2/c1-16-11(15)12-5-8(12)10-7(6-14-12)3-2-4-9(10)13/h2-4,8,14H,5-6H2,1H3/t8-,12+/m1/s1. The lowest BCUT2D eigenvalue weighted by Crippen LogP contribution is -2.43. The van der Waals surface area contributed by atoms with E-state index in [1.807, 2.05) is 18.2 Å². The van der Waals surface area contributed by atoms with Gasteiger partial charge in [-0.3, -0.25) is 10.1 Å². The molecule has 2 aliphatic rings.